The standard InChI is InChI=1S/C16H22N4/c1-5-12-7-8-13(18-10-12)9-14-11(3)16(17-4)20-15(6-2)19-14/h7-8,10H,5-6,9H2,1-4H3,(H,17,19,20). The van der Waals surface area contributed by atoms with E-state index in [4.69, 9.17) is 0 Å². The molecule has 0 saturated carbocycles. The third kappa shape index (κ3) is 3.13. The Morgan fingerprint density at radius 1 is 1.10 bits per heavy atom. The summed E-state index contributed by atoms with van der Waals surface area (Å²) in [6.07, 6.45) is 4.56. The zero-order valence-electron chi connectivity index (χ0n) is 12.7. The molecule has 2 heterocycles. The monoisotopic (exact) mass is 270 g/mol. The highest BCUT2D eigenvalue weighted by molar-refractivity contribution is 5.46. The van der Waals surface area contributed by atoms with Crippen LogP contribution in [0.4, 0.5) is 5.82 Å². The van der Waals surface area contributed by atoms with E-state index < -0.39 is 0 Å². The van der Waals surface area contributed by atoms with Crippen molar-refractivity contribution in [3.8, 4) is 0 Å². The first kappa shape index (κ1) is 14.4. The Morgan fingerprint density at radius 3 is 2.45 bits per heavy atom. The Kier molecular flexibility index (Phi) is 4.66. The molecule has 0 fully saturated rings. The number of pyridine rings is 1. The summed E-state index contributed by atoms with van der Waals surface area (Å²) in [5.74, 6) is 1.79. The number of hydrogen-bond acceptors (Lipinski definition) is 4. The predicted molar refractivity (Wildman–Crippen MR) is 82.1 cm³/mol. The largest absolute Gasteiger partial charge is 0.373 e. The molecule has 4 heteroatoms. The maximum Gasteiger partial charge on any atom is 0.132 e. The smallest absolute Gasteiger partial charge is 0.132 e. The highest BCUT2D eigenvalue weighted by atomic mass is 15.0. The SMILES string of the molecule is CCc1ccc(Cc2nc(CC)nc(NC)c2C)nc1. The van der Waals surface area contributed by atoms with E-state index in [1.807, 2.05) is 13.2 Å². The molecule has 2 aromatic rings. The molecule has 4 nitrogen and oxygen atoms in total. The number of anilines is 1. The molecule has 0 amide bonds. The summed E-state index contributed by atoms with van der Waals surface area (Å²) in [4.78, 5) is 13.7. The van der Waals surface area contributed by atoms with Gasteiger partial charge >= 0.3 is 0 Å². The summed E-state index contributed by atoms with van der Waals surface area (Å²) in [6, 6.07) is 4.23. The molecular weight excluding hydrogens is 248 g/mol. The number of nitrogens with one attached hydrogen (secondary N) is 1. The fourth-order valence-corrected chi connectivity index (χ4v) is 2.13. The number of aromatic nitrogens is 3. The average molecular weight is 270 g/mol. The number of rotatable bonds is 5. The molecule has 20 heavy (non-hydrogen) atoms. The van der Waals surface area contributed by atoms with Gasteiger partial charge in [-0.1, -0.05) is 19.9 Å². The maximum atomic E-state index is 4.65. The van der Waals surface area contributed by atoms with Crippen molar-refractivity contribution in [2.75, 3.05) is 12.4 Å². The first-order chi connectivity index (χ1) is 9.67. The van der Waals surface area contributed by atoms with Gasteiger partial charge < -0.3 is 5.32 Å². The maximum absolute atomic E-state index is 4.65. The third-order valence-corrected chi connectivity index (χ3v) is 3.49. The molecule has 0 unspecified atom stereocenters. The molecule has 1 N–H and O–H groups in total. The number of nitrogens with zero attached hydrogens (tertiary/aromatic N) is 3. The van der Waals surface area contributed by atoms with Gasteiger partial charge in [0, 0.05) is 37.3 Å². The van der Waals surface area contributed by atoms with Crippen LogP contribution in [0.15, 0.2) is 18.3 Å². The van der Waals surface area contributed by atoms with Crippen molar-refractivity contribution < 1.29 is 0 Å². The van der Waals surface area contributed by atoms with Gasteiger partial charge in [-0.2, -0.15) is 0 Å². The van der Waals surface area contributed by atoms with E-state index in [9.17, 15) is 0 Å². The van der Waals surface area contributed by atoms with E-state index in [0.717, 1.165) is 47.9 Å². The zero-order valence-corrected chi connectivity index (χ0v) is 12.7. The predicted octanol–water partition coefficient (Wildman–Crippen LogP) is 2.94. The van der Waals surface area contributed by atoms with Gasteiger partial charge in [0.25, 0.3) is 0 Å². The summed E-state index contributed by atoms with van der Waals surface area (Å²) in [5.41, 5.74) is 4.47. The summed E-state index contributed by atoms with van der Waals surface area (Å²) in [7, 11) is 1.90. The number of hydrogen-bond donors (Lipinski definition) is 1. The van der Waals surface area contributed by atoms with Crippen molar-refractivity contribution in [1.29, 1.82) is 0 Å². The van der Waals surface area contributed by atoms with Crippen LogP contribution in [0.2, 0.25) is 0 Å². The van der Waals surface area contributed by atoms with Crippen molar-refractivity contribution in [3.05, 3.63) is 46.7 Å². The van der Waals surface area contributed by atoms with Gasteiger partial charge in [-0.25, -0.2) is 9.97 Å². The second-order valence-corrected chi connectivity index (χ2v) is 4.85. The molecule has 2 rings (SSSR count). The van der Waals surface area contributed by atoms with E-state index >= 15 is 0 Å². The molecule has 0 aromatic carbocycles. The molecular formula is C16H22N4. The molecule has 0 radical (unpaired) electrons. The summed E-state index contributed by atoms with van der Waals surface area (Å²) in [5, 5.41) is 3.14. The van der Waals surface area contributed by atoms with Gasteiger partial charge in [-0.3, -0.25) is 4.98 Å². The van der Waals surface area contributed by atoms with Gasteiger partial charge in [0.2, 0.25) is 0 Å². The highest BCUT2D eigenvalue weighted by Gasteiger charge is 2.10. The Balaban J connectivity index is 2.31. The number of aryl methyl sites for hydroxylation is 2. The fraction of sp³-hybridized carbons (Fsp3) is 0.438. The molecule has 0 aliphatic carbocycles. The van der Waals surface area contributed by atoms with Crippen LogP contribution in [0, 0.1) is 6.92 Å². The van der Waals surface area contributed by atoms with E-state index in [0.29, 0.717) is 0 Å². The average Bonchev–Trinajstić information content (AvgIpc) is 2.50. The Morgan fingerprint density at radius 2 is 1.90 bits per heavy atom. The van der Waals surface area contributed by atoms with Gasteiger partial charge in [0.1, 0.15) is 11.6 Å². The van der Waals surface area contributed by atoms with Crippen molar-refractivity contribution >= 4 is 5.82 Å². The van der Waals surface area contributed by atoms with Gasteiger partial charge in [0.05, 0.1) is 5.69 Å². The highest BCUT2D eigenvalue weighted by Crippen LogP contribution is 2.18. The van der Waals surface area contributed by atoms with Crippen LogP contribution in [0.25, 0.3) is 0 Å². The van der Waals surface area contributed by atoms with Gasteiger partial charge in [0.15, 0.2) is 0 Å². The van der Waals surface area contributed by atoms with Crippen molar-refractivity contribution in [2.45, 2.75) is 40.0 Å². The minimum Gasteiger partial charge on any atom is -0.373 e. The molecule has 2 aromatic heterocycles. The Bertz CT molecular complexity index is 576. The fourth-order valence-electron chi connectivity index (χ4n) is 2.13. The second kappa shape index (κ2) is 6.46. The topological polar surface area (TPSA) is 50.7 Å². The molecule has 0 aliphatic heterocycles. The van der Waals surface area contributed by atoms with Gasteiger partial charge in [-0.05, 0) is 25.0 Å². The lowest BCUT2D eigenvalue weighted by atomic mass is 10.1. The summed E-state index contributed by atoms with van der Waals surface area (Å²) in [6.45, 7) is 6.27. The van der Waals surface area contributed by atoms with Crippen molar-refractivity contribution in [2.24, 2.45) is 0 Å². The van der Waals surface area contributed by atoms with E-state index in [1.165, 1.54) is 5.56 Å². The lowest BCUT2D eigenvalue weighted by Crippen LogP contribution is -2.08. The molecule has 0 aliphatic rings. The van der Waals surface area contributed by atoms with Crippen LogP contribution in [0.1, 0.15) is 42.2 Å². The Hall–Kier alpha value is -1.97. The molecule has 106 valence electrons. The lowest BCUT2D eigenvalue weighted by Gasteiger charge is -2.11. The quantitative estimate of drug-likeness (QED) is 0.907. The second-order valence-electron chi connectivity index (χ2n) is 4.85. The van der Waals surface area contributed by atoms with Crippen LogP contribution in [-0.2, 0) is 19.3 Å². The molecule has 0 spiro atoms. The molecule has 0 bridgehead atoms. The van der Waals surface area contributed by atoms with Crippen LogP contribution >= 0.6 is 0 Å². The molecule has 0 saturated heterocycles. The van der Waals surface area contributed by atoms with Gasteiger partial charge in [-0.15, -0.1) is 0 Å². The van der Waals surface area contributed by atoms with Crippen LogP contribution in [0.5, 0.6) is 0 Å². The minimum atomic E-state index is 0.750. The van der Waals surface area contributed by atoms with E-state index in [2.05, 4.69) is 53.2 Å². The van der Waals surface area contributed by atoms with Crippen LogP contribution < -0.4 is 5.32 Å². The first-order valence-electron chi connectivity index (χ1n) is 7.15. The third-order valence-electron chi connectivity index (χ3n) is 3.49. The minimum absolute atomic E-state index is 0.750. The normalized spacial score (nSPS) is 10.6. The summed E-state index contributed by atoms with van der Waals surface area (Å²) < 4.78 is 0. The summed E-state index contributed by atoms with van der Waals surface area (Å²) >= 11 is 0. The van der Waals surface area contributed by atoms with Crippen molar-refractivity contribution in [1.82, 2.24) is 15.0 Å². The van der Waals surface area contributed by atoms with E-state index in [-0.39, 0.29) is 0 Å². The van der Waals surface area contributed by atoms with E-state index in [1.54, 1.807) is 0 Å². The van der Waals surface area contributed by atoms with Crippen LogP contribution in [0.3, 0.4) is 0 Å². The lowest BCUT2D eigenvalue weighted by molar-refractivity contribution is 0.875. The first-order valence-corrected chi connectivity index (χ1v) is 7.15. The van der Waals surface area contributed by atoms with Crippen LogP contribution in [-0.4, -0.2) is 22.0 Å². The Labute approximate surface area is 120 Å². The molecule has 0 atom stereocenters. The van der Waals surface area contributed by atoms with Crippen molar-refractivity contribution in [3.63, 3.8) is 0 Å². The zero-order chi connectivity index (χ0) is 14.5.